The Morgan fingerprint density at radius 3 is 2.74 bits per heavy atom. The van der Waals surface area contributed by atoms with E-state index in [1.54, 1.807) is 11.3 Å². The van der Waals surface area contributed by atoms with Crippen molar-refractivity contribution in [3.8, 4) is 16.5 Å². The summed E-state index contributed by atoms with van der Waals surface area (Å²) >= 11 is 1.62. The van der Waals surface area contributed by atoms with Crippen LogP contribution in [0, 0.1) is 0 Å². The van der Waals surface area contributed by atoms with Crippen LogP contribution in [0.15, 0.2) is 46.2 Å². The normalized spacial score (nSPS) is 16.4. The first-order chi connectivity index (χ1) is 13.3. The Morgan fingerprint density at radius 1 is 1.19 bits per heavy atom. The van der Waals surface area contributed by atoms with E-state index in [-0.39, 0.29) is 6.04 Å². The Hall–Kier alpha value is -2.38. The number of piperazine rings is 1. The number of quaternary nitrogens is 1. The molecular formula is C20H25N4O2S+. The molecule has 4 rings (SSSR count). The van der Waals surface area contributed by atoms with Gasteiger partial charge in [-0.25, -0.2) is 0 Å². The van der Waals surface area contributed by atoms with Crippen LogP contribution in [0.3, 0.4) is 0 Å². The van der Waals surface area contributed by atoms with Gasteiger partial charge in [0.05, 0.1) is 43.4 Å². The lowest BCUT2D eigenvalue weighted by molar-refractivity contribution is -0.931. The maximum Gasteiger partial charge on any atom is 0.274 e. The molecular weight excluding hydrogens is 360 g/mol. The van der Waals surface area contributed by atoms with E-state index in [2.05, 4.69) is 34.2 Å². The van der Waals surface area contributed by atoms with Crippen LogP contribution in [-0.2, 0) is 0 Å². The van der Waals surface area contributed by atoms with Crippen molar-refractivity contribution in [2.75, 3.05) is 37.7 Å². The number of thiophene rings is 1. The quantitative estimate of drug-likeness (QED) is 0.707. The lowest BCUT2D eigenvalue weighted by Gasteiger charge is -2.36. The molecule has 0 spiro atoms. The maximum absolute atomic E-state index is 5.94. The molecule has 1 saturated heterocycles. The predicted molar refractivity (Wildman–Crippen MR) is 107 cm³/mol. The minimum absolute atomic E-state index is 0.190. The fraction of sp³-hybridized carbons (Fsp3) is 0.400. The molecule has 2 aromatic heterocycles. The third-order valence-corrected chi connectivity index (χ3v) is 5.92. The molecule has 27 heavy (non-hydrogen) atoms. The number of benzene rings is 1. The van der Waals surface area contributed by atoms with Crippen molar-refractivity contribution >= 4 is 17.0 Å². The molecule has 142 valence electrons. The lowest BCUT2D eigenvalue weighted by atomic mass is 10.2. The topological polar surface area (TPSA) is 55.8 Å². The highest BCUT2D eigenvalue weighted by molar-refractivity contribution is 7.13. The van der Waals surface area contributed by atoms with Crippen molar-refractivity contribution in [1.29, 1.82) is 0 Å². The molecule has 0 radical (unpaired) electrons. The van der Waals surface area contributed by atoms with Crippen molar-refractivity contribution in [3.63, 3.8) is 0 Å². The van der Waals surface area contributed by atoms with Crippen molar-refractivity contribution in [1.82, 2.24) is 10.2 Å². The van der Waals surface area contributed by atoms with Gasteiger partial charge in [-0.15, -0.1) is 21.5 Å². The third kappa shape index (κ3) is 3.84. The molecule has 1 aliphatic rings. The van der Waals surface area contributed by atoms with Crippen LogP contribution in [0.25, 0.3) is 10.8 Å². The van der Waals surface area contributed by atoms with Gasteiger partial charge in [0.25, 0.3) is 11.8 Å². The van der Waals surface area contributed by atoms with Crippen LogP contribution in [0.1, 0.15) is 25.8 Å². The molecule has 0 aliphatic carbocycles. The number of aromatic nitrogens is 2. The van der Waals surface area contributed by atoms with Crippen molar-refractivity contribution < 1.29 is 14.1 Å². The average Bonchev–Trinajstić information content (AvgIpc) is 3.40. The summed E-state index contributed by atoms with van der Waals surface area (Å²) < 4.78 is 11.7. The fourth-order valence-corrected chi connectivity index (χ4v) is 4.19. The van der Waals surface area contributed by atoms with Gasteiger partial charge in [-0.1, -0.05) is 18.2 Å². The van der Waals surface area contributed by atoms with E-state index in [9.17, 15) is 0 Å². The predicted octanol–water partition coefficient (Wildman–Crippen LogP) is 2.66. The minimum Gasteiger partial charge on any atom is -0.492 e. The number of hydrogen-bond donors (Lipinski definition) is 1. The van der Waals surface area contributed by atoms with Crippen molar-refractivity contribution in [3.05, 3.63) is 47.7 Å². The van der Waals surface area contributed by atoms with Gasteiger partial charge in [0.2, 0.25) is 0 Å². The number of hydrogen-bond acceptors (Lipinski definition) is 6. The second-order valence-corrected chi connectivity index (χ2v) is 7.64. The number of para-hydroxylation sites is 2. The van der Waals surface area contributed by atoms with Gasteiger partial charge in [-0.2, -0.15) is 0 Å². The summed E-state index contributed by atoms with van der Waals surface area (Å²) in [6, 6.07) is 12.5. The number of ether oxygens (including phenoxy) is 1. The molecule has 0 saturated carbocycles. The zero-order valence-corrected chi connectivity index (χ0v) is 16.5. The van der Waals surface area contributed by atoms with Crippen LogP contribution < -0.4 is 14.5 Å². The Balaban J connectivity index is 1.41. The number of anilines is 1. The van der Waals surface area contributed by atoms with E-state index < -0.39 is 0 Å². The summed E-state index contributed by atoms with van der Waals surface area (Å²) in [4.78, 5) is 4.90. The molecule has 0 bridgehead atoms. The molecule has 0 unspecified atom stereocenters. The lowest BCUT2D eigenvalue weighted by Crippen LogP contribution is -3.14. The second-order valence-electron chi connectivity index (χ2n) is 6.69. The number of rotatable bonds is 6. The summed E-state index contributed by atoms with van der Waals surface area (Å²) in [6.45, 7) is 8.89. The maximum atomic E-state index is 5.94. The highest BCUT2D eigenvalue weighted by atomic mass is 32.1. The highest BCUT2D eigenvalue weighted by Gasteiger charge is 2.30. The van der Waals surface area contributed by atoms with Gasteiger partial charge in [0.1, 0.15) is 5.75 Å². The van der Waals surface area contributed by atoms with Gasteiger partial charge in [-0.05, 0) is 37.4 Å². The largest absolute Gasteiger partial charge is 0.492 e. The Kier molecular flexibility index (Phi) is 5.40. The summed E-state index contributed by atoms with van der Waals surface area (Å²) in [6.07, 6.45) is 0. The van der Waals surface area contributed by atoms with Crippen molar-refractivity contribution in [2.24, 2.45) is 0 Å². The first kappa shape index (κ1) is 18.0. The summed E-state index contributed by atoms with van der Waals surface area (Å²) in [5.41, 5.74) is 1.18. The van der Waals surface area contributed by atoms with Gasteiger partial charge in [0.15, 0.2) is 6.04 Å². The van der Waals surface area contributed by atoms with E-state index in [1.807, 2.05) is 36.6 Å². The van der Waals surface area contributed by atoms with E-state index in [0.29, 0.717) is 12.5 Å². The van der Waals surface area contributed by atoms with E-state index in [1.165, 1.54) is 10.6 Å². The molecule has 3 aromatic rings. The van der Waals surface area contributed by atoms with Crippen LogP contribution >= 0.6 is 11.3 Å². The molecule has 1 N–H and O–H groups in total. The first-order valence-corrected chi connectivity index (χ1v) is 10.3. The summed E-state index contributed by atoms with van der Waals surface area (Å²) in [5.74, 6) is 2.31. The average molecular weight is 386 g/mol. The molecule has 6 nitrogen and oxygen atoms in total. The SMILES string of the molecule is CCOc1ccccc1N1CC[NH+]([C@@H](C)c2nnc(-c3cccs3)o2)CC1. The highest BCUT2D eigenvalue weighted by Crippen LogP contribution is 2.28. The van der Waals surface area contributed by atoms with Crippen LogP contribution in [0.5, 0.6) is 5.75 Å². The Labute approximate surface area is 163 Å². The molecule has 1 atom stereocenters. The Bertz CT molecular complexity index is 857. The molecule has 0 amide bonds. The molecule has 7 heteroatoms. The summed E-state index contributed by atoms with van der Waals surface area (Å²) in [5, 5.41) is 10.5. The number of nitrogens with zero attached hydrogens (tertiary/aromatic N) is 3. The van der Waals surface area contributed by atoms with Gasteiger partial charge in [0, 0.05) is 0 Å². The van der Waals surface area contributed by atoms with E-state index in [0.717, 1.165) is 42.7 Å². The van der Waals surface area contributed by atoms with Crippen LogP contribution in [0.2, 0.25) is 0 Å². The Morgan fingerprint density at radius 2 is 2.00 bits per heavy atom. The third-order valence-electron chi connectivity index (χ3n) is 5.07. The van der Waals surface area contributed by atoms with Gasteiger partial charge in [-0.3, -0.25) is 0 Å². The van der Waals surface area contributed by atoms with Crippen molar-refractivity contribution in [2.45, 2.75) is 19.9 Å². The smallest absolute Gasteiger partial charge is 0.274 e. The van der Waals surface area contributed by atoms with E-state index >= 15 is 0 Å². The fourth-order valence-electron chi connectivity index (χ4n) is 3.55. The van der Waals surface area contributed by atoms with Gasteiger partial charge < -0.3 is 19.0 Å². The number of nitrogens with one attached hydrogen (secondary N) is 1. The van der Waals surface area contributed by atoms with Crippen LogP contribution in [-0.4, -0.2) is 43.0 Å². The zero-order chi connectivity index (χ0) is 18.6. The summed E-state index contributed by atoms with van der Waals surface area (Å²) in [7, 11) is 0. The molecule has 1 fully saturated rings. The zero-order valence-electron chi connectivity index (χ0n) is 15.7. The first-order valence-electron chi connectivity index (χ1n) is 9.45. The van der Waals surface area contributed by atoms with Gasteiger partial charge >= 0.3 is 0 Å². The molecule has 1 aliphatic heterocycles. The standard InChI is InChI=1S/C20H24N4O2S/c1-3-25-17-8-5-4-7-16(17)24-12-10-23(11-13-24)15(2)19-21-22-20(26-19)18-9-6-14-27-18/h4-9,14-15H,3,10-13H2,1-2H3/p+1/t15-/m0/s1. The molecule has 1 aromatic carbocycles. The van der Waals surface area contributed by atoms with E-state index in [4.69, 9.17) is 9.15 Å². The van der Waals surface area contributed by atoms with Crippen LogP contribution in [0.4, 0.5) is 5.69 Å². The second kappa shape index (κ2) is 8.10. The monoisotopic (exact) mass is 385 g/mol. The minimum atomic E-state index is 0.190. The molecule has 3 heterocycles.